The first-order chi connectivity index (χ1) is 15.5. The van der Waals surface area contributed by atoms with E-state index in [1.54, 1.807) is 37.3 Å². The maximum atomic E-state index is 14.1. The number of aromatic nitrogens is 2. The highest BCUT2D eigenvalue weighted by Crippen LogP contribution is 2.31. The number of phenolic OH excluding ortho intramolecular Hbond substituents is 1. The van der Waals surface area contributed by atoms with Gasteiger partial charge in [-0.3, -0.25) is 9.36 Å². The minimum atomic E-state index is -0.778. The molecule has 4 rings (SSSR count). The van der Waals surface area contributed by atoms with Gasteiger partial charge < -0.3 is 5.11 Å². The van der Waals surface area contributed by atoms with E-state index in [-0.39, 0.29) is 16.9 Å². The molecule has 6 heteroatoms. The number of para-hydroxylation sites is 1. The minimum absolute atomic E-state index is 0.157. The number of nitrogens with zero attached hydrogens (tertiary/aromatic N) is 3. The van der Waals surface area contributed by atoms with E-state index in [1.165, 1.54) is 10.6 Å². The molecule has 0 aliphatic heterocycles. The van der Waals surface area contributed by atoms with Crippen molar-refractivity contribution in [2.75, 3.05) is 0 Å². The fourth-order valence-corrected chi connectivity index (χ4v) is 3.70. The molecule has 0 spiro atoms. The predicted octanol–water partition coefficient (Wildman–Crippen LogP) is 4.84. The Bertz CT molecular complexity index is 1370. The summed E-state index contributed by atoms with van der Waals surface area (Å²) in [5.41, 5.74) is 2.89. The Balaban J connectivity index is 1.90. The number of halogens is 1. The Labute approximate surface area is 184 Å². The van der Waals surface area contributed by atoms with Gasteiger partial charge in [-0.25, -0.2) is 9.37 Å². The smallest absolute Gasteiger partial charge is 0.261 e. The normalized spacial score (nSPS) is 10.7. The predicted molar refractivity (Wildman–Crippen MR) is 121 cm³/mol. The van der Waals surface area contributed by atoms with Crippen LogP contribution in [0.1, 0.15) is 16.8 Å². The number of rotatable bonds is 5. The average molecular weight is 425 g/mol. The van der Waals surface area contributed by atoms with Crippen molar-refractivity contribution in [2.45, 2.75) is 19.9 Å². The van der Waals surface area contributed by atoms with Crippen molar-refractivity contribution in [3.8, 4) is 34.3 Å². The molecular weight excluding hydrogens is 405 g/mol. The summed E-state index contributed by atoms with van der Waals surface area (Å²) in [7, 11) is 0. The number of hydrogen-bond acceptors (Lipinski definition) is 4. The molecular formula is C26H20FN3O2. The number of aryl methyl sites for hydroxylation is 2. The first-order valence-electron chi connectivity index (χ1n) is 10.1. The molecule has 32 heavy (non-hydrogen) atoms. The van der Waals surface area contributed by atoms with Gasteiger partial charge in [-0.2, -0.15) is 5.26 Å². The van der Waals surface area contributed by atoms with Crippen molar-refractivity contribution >= 4 is 0 Å². The molecule has 4 aromatic rings. The van der Waals surface area contributed by atoms with Gasteiger partial charge in [0.15, 0.2) is 11.6 Å². The topological polar surface area (TPSA) is 78.9 Å². The Kier molecular flexibility index (Phi) is 5.82. The molecule has 0 bridgehead atoms. The van der Waals surface area contributed by atoms with E-state index in [2.05, 4.69) is 11.1 Å². The molecule has 0 aliphatic rings. The number of phenols is 1. The second-order valence-electron chi connectivity index (χ2n) is 7.41. The largest absolute Gasteiger partial charge is 0.504 e. The van der Waals surface area contributed by atoms with Crippen LogP contribution < -0.4 is 5.56 Å². The van der Waals surface area contributed by atoms with Gasteiger partial charge in [-0.05, 0) is 48.7 Å². The van der Waals surface area contributed by atoms with Crippen LogP contribution in [0.5, 0.6) is 5.75 Å². The summed E-state index contributed by atoms with van der Waals surface area (Å²) < 4.78 is 15.5. The van der Waals surface area contributed by atoms with E-state index in [0.29, 0.717) is 35.3 Å². The first-order valence-corrected chi connectivity index (χ1v) is 10.1. The summed E-state index contributed by atoms with van der Waals surface area (Å²) in [6, 6.07) is 22.7. The van der Waals surface area contributed by atoms with Crippen LogP contribution in [-0.4, -0.2) is 14.7 Å². The van der Waals surface area contributed by atoms with E-state index >= 15 is 0 Å². The van der Waals surface area contributed by atoms with Crippen molar-refractivity contribution in [1.29, 1.82) is 5.26 Å². The molecule has 1 aromatic heterocycles. The quantitative estimate of drug-likeness (QED) is 0.496. The standard InChI is InChI=1S/C26H20FN3O2/c1-17-23(20-12-10-19(16-28)11-13-20)26(32)30(15-14-18-6-3-2-4-7-18)25(29-17)21-8-5-9-22(27)24(21)31/h2-13,31H,14-15H2,1H3. The Morgan fingerprint density at radius 1 is 1.03 bits per heavy atom. The number of benzene rings is 3. The van der Waals surface area contributed by atoms with Crippen molar-refractivity contribution < 1.29 is 9.50 Å². The summed E-state index contributed by atoms with van der Waals surface area (Å²) >= 11 is 0. The third-order valence-corrected chi connectivity index (χ3v) is 5.35. The SMILES string of the molecule is Cc1nc(-c2cccc(F)c2O)n(CCc2ccccc2)c(=O)c1-c1ccc(C#N)cc1. The molecule has 0 saturated heterocycles. The lowest BCUT2D eigenvalue weighted by Gasteiger charge is -2.17. The highest BCUT2D eigenvalue weighted by molar-refractivity contribution is 5.70. The minimum Gasteiger partial charge on any atom is -0.504 e. The molecule has 1 heterocycles. The van der Waals surface area contributed by atoms with Crippen LogP contribution in [0.25, 0.3) is 22.5 Å². The van der Waals surface area contributed by atoms with Crippen LogP contribution in [-0.2, 0) is 13.0 Å². The molecule has 5 nitrogen and oxygen atoms in total. The molecule has 3 aromatic carbocycles. The van der Waals surface area contributed by atoms with Crippen molar-refractivity contribution in [2.24, 2.45) is 0 Å². The van der Waals surface area contributed by atoms with Crippen LogP contribution in [0.2, 0.25) is 0 Å². The summed E-state index contributed by atoms with van der Waals surface area (Å²) in [6.45, 7) is 2.00. The third kappa shape index (κ3) is 4.01. The third-order valence-electron chi connectivity index (χ3n) is 5.35. The van der Waals surface area contributed by atoms with E-state index in [1.807, 2.05) is 30.3 Å². The fourth-order valence-electron chi connectivity index (χ4n) is 3.70. The Hall–Kier alpha value is -4.24. The Morgan fingerprint density at radius 2 is 1.75 bits per heavy atom. The van der Waals surface area contributed by atoms with E-state index in [9.17, 15) is 14.3 Å². The molecule has 0 radical (unpaired) electrons. The summed E-state index contributed by atoms with van der Waals surface area (Å²) in [4.78, 5) is 18.2. The monoisotopic (exact) mass is 425 g/mol. The van der Waals surface area contributed by atoms with Crippen LogP contribution in [0.4, 0.5) is 4.39 Å². The summed E-state index contributed by atoms with van der Waals surface area (Å²) in [6.07, 6.45) is 0.557. The van der Waals surface area contributed by atoms with Gasteiger partial charge in [0.05, 0.1) is 28.5 Å². The zero-order valence-electron chi connectivity index (χ0n) is 17.4. The maximum Gasteiger partial charge on any atom is 0.261 e. The molecule has 158 valence electrons. The number of aromatic hydroxyl groups is 1. The average Bonchev–Trinajstić information content (AvgIpc) is 2.81. The molecule has 0 saturated carbocycles. The summed E-state index contributed by atoms with van der Waals surface area (Å²) in [5, 5.41) is 19.4. The van der Waals surface area contributed by atoms with Gasteiger partial charge in [0.25, 0.3) is 5.56 Å². The lowest BCUT2D eigenvalue weighted by molar-refractivity contribution is 0.433. The molecule has 0 unspecified atom stereocenters. The van der Waals surface area contributed by atoms with Gasteiger partial charge in [0.1, 0.15) is 5.82 Å². The molecule has 0 fully saturated rings. The molecule has 0 atom stereocenters. The highest BCUT2D eigenvalue weighted by Gasteiger charge is 2.20. The van der Waals surface area contributed by atoms with Gasteiger partial charge >= 0.3 is 0 Å². The van der Waals surface area contributed by atoms with Crippen molar-refractivity contribution in [3.05, 3.63) is 106 Å². The zero-order chi connectivity index (χ0) is 22.7. The van der Waals surface area contributed by atoms with Crippen LogP contribution >= 0.6 is 0 Å². The molecule has 0 amide bonds. The van der Waals surface area contributed by atoms with E-state index in [0.717, 1.165) is 11.6 Å². The first kappa shape index (κ1) is 21.0. The van der Waals surface area contributed by atoms with Crippen LogP contribution in [0, 0.1) is 24.1 Å². The van der Waals surface area contributed by atoms with E-state index in [4.69, 9.17) is 5.26 Å². The lowest BCUT2D eigenvalue weighted by Crippen LogP contribution is -2.27. The second-order valence-corrected chi connectivity index (χ2v) is 7.41. The Morgan fingerprint density at radius 3 is 2.44 bits per heavy atom. The second kappa shape index (κ2) is 8.86. The van der Waals surface area contributed by atoms with Gasteiger partial charge in [0.2, 0.25) is 0 Å². The van der Waals surface area contributed by atoms with Crippen LogP contribution in [0.3, 0.4) is 0 Å². The molecule has 0 aliphatic carbocycles. The van der Waals surface area contributed by atoms with E-state index < -0.39 is 11.6 Å². The highest BCUT2D eigenvalue weighted by atomic mass is 19.1. The zero-order valence-corrected chi connectivity index (χ0v) is 17.4. The van der Waals surface area contributed by atoms with Gasteiger partial charge in [-0.1, -0.05) is 48.5 Å². The number of nitriles is 1. The number of hydrogen-bond donors (Lipinski definition) is 1. The fraction of sp³-hybridized carbons (Fsp3) is 0.115. The summed E-state index contributed by atoms with van der Waals surface area (Å²) in [5.74, 6) is -1.11. The van der Waals surface area contributed by atoms with Crippen molar-refractivity contribution in [1.82, 2.24) is 9.55 Å². The maximum absolute atomic E-state index is 14.1. The van der Waals surface area contributed by atoms with Gasteiger partial charge in [0, 0.05) is 6.54 Å². The van der Waals surface area contributed by atoms with Crippen LogP contribution in [0.15, 0.2) is 77.6 Å². The van der Waals surface area contributed by atoms with Gasteiger partial charge in [-0.15, -0.1) is 0 Å². The molecule has 1 N–H and O–H groups in total. The lowest BCUT2D eigenvalue weighted by atomic mass is 10.0. The van der Waals surface area contributed by atoms with Crippen molar-refractivity contribution in [3.63, 3.8) is 0 Å².